The largest absolute Gasteiger partial charge is 0.385 e. The van der Waals surface area contributed by atoms with Gasteiger partial charge in [-0.3, -0.25) is 4.68 Å². The second kappa shape index (κ2) is 7.89. The molecule has 0 spiro atoms. The molecule has 4 heteroatoms. The van der Waals surface area contributed by atoms with Crippen LogP contribution in [0.25, 0.3) is 0 Å². The highest BCUT2D eigenvalue weighted by molar-refractivity contribution is 7.98. The molecule has 1 heterocycles. The van der Waals surface area contributed by atoms with E-state index in [1.165, 1.54) is 29.8 Å². The molecular formula is C15H21N3S. The van der Waals surface area contributed by atoms with E-state index in [-0.39, 0.29) is 0 Å². The second-order valence-electron chi connectivity index (χ2n) is 4.53. The molecule has 0 saturated heterocycles. The Hall–Kier alpha value is -1.42. The first-order chi connectivity index (χ1) is 9.38. The molecule has 1 N–H and O–H groups in total. The highest BCUT2D eigenvalue weighted by Gasteiger charge is 1.96. The first-order valence-corrected chi connectivity index (χ1v) is 8.07. The van der Waals surface area contributed by atoms with Gasteiger partial charge in [-0.2, -0.15) is 16.9 Å². The highest BCUT2D eigenvalue weighted by Crippen LogP contribution is 2.11. The van der Waals surface area contributed by atoms with Crippen LogP contribution in [0.3, 0.4) is 0 Å². The number of rotatable bonds is 8. The molecule has 2 rings (SSSR count). The van der Waals surface area contributed by atoms with Gasteiger partial charge in [-0.25, -0.2) is 0 Å². The van der Waals surface area contributed by atoms with Gasteiger partial charge < -0.3 is 5.32 Å². The monoisotopic (exact) mass is 275 g/mol. The van der Waals surface area contributed by atoms with E-state index in [1.807, 2.05) is 34.9 Å². The third kappa shape index (κ3) is 4.99. The fraction of sp³-hybridized carbons (Fsp3) is 0.400. The summed E-state index contributed by atoms with van der Waals surface area (Å²) in [5, 5.41) is 7.67. The van der Waals surface area contributed by atoms with Crippen molar-refractivity contribution in [2.75, 3.05) is 23.9 Å². The summed E-state index contributed by atoms with van der Waals surface area (Å²) in [4.78, 5) is 0. The van der Waals surface area contributed by atoms with Gasteiger partial charge >= 0.3 is 0 Å². The maximum Gasteiger partial charge on any atom is 0.0659 e. The summed E-state index contributed by atoms with van der Waals surface area (Å²) in [5.74, 6) is 1.25. The molecule has 1 aromatic heterocycles. The molecule has 19 heavy (non-hydrogen) atoms. The van der Waals surface area contributed by atoms with Gasteiger partial charge in [-0.05, 0) is 48.6 Å². The summed E-state index contributed by atoms with van der Waals surface area (Å²) in [6.07, 6.45) is 8.47. The maximum atomic E-state index is 4.21. The molecule has 0 fully saturated rings. The minimum atomic E-state index is 0.834. The van der Waals surface area contributed by atoms with E-state index in [0.717, 1.165) is 13.1 Å². The Kier molecular flexibility index (Phi) is 5.82. The Balaban J connectivity index is 1.75. The van der Waals surface area contributed by atoms with Gasteiger partial charge in [0.2, 0.25) is 0 Å². The van der Waals surface area contributed by atoms with Gasteiger partial charge in [0.25, 0.3) is 0 Å². The minimum Gasteiger partial charge on any atom is -0.385 e. The second-order valence-corrected chi connectivity index (χ2v) is 5.51. The van der Waals surface area contributed by atoms with Crippen molar-refractivity contribution in [1.82, 2.24) is 9.78 Å². The van der Waals surface area contributed by atoms with Crippen molar-refractivity contribution in [2.45, 2.75) is 19.4 Å². The summed E-state index contributed by atoms with van der Waals surface area (Å²) in [5.41, 5.74) is 2.48. The Bertz CT molecular complexity index is 451. The normalized spacial score (nSPS) is 10.6. The average Bonchev–Trinajstić information content (AvgIpc) is 2.93. The lowest BCUT2D eigenvalue weighted by atomic mass is 10.2. The van der Waals surface area contributed by atoms with Crippen molar-refractivity contribution in [3.63, 3.8) is 0 Å². The molecule has 0 radical (unpaired) electrons. The van der Waals surface area contributed by atoms with Crippen LogP contribution in [-0.2, 0) is 6.54 Å². The van der Waals surface area contributed by atoms with Crippen molar-refractivity contribution in [2.24, 2.45) is 0 Å². The van der Waals surface area contributed by atoms with E-state index in [1.54, 1.807) is 0 Å². The molecule has 0 unspecified atom stereocenters. The number of hydrogen-bond acceptors (Lipinski definition) is 3. The molecule has 0 aliphatic carbocycles. The van der Waals surface area contributed by atoms with Crippen LogP contribution in [0.1, 0.15) is 18.4 Å². The minimum absolute atomic E-state index is 0.834. The first-order valence-electron chi connectivity index (χ1n) is 6.67. The topological polar surface area (TPSA) is 29.9 Å². The third-order valence-electron chi connectivity index (χ3n) is 2.96. The molecule has 0 atom stereocenters. The SMILES string of the molecule is CSCCCCNc1ccc(Cn2cccn2)cc1. The van der Waals surface area contributed by atoms with Gasteiger partial charge in [-0.1, -0.05) is 12.1 Å². The van der Waals surface area contributed by atoms with E-state index in [9.17, 15) is 0 Å². The summed E-state index contributed by atoms with van der Waals surface area (Å²) in [6, 6.07) is 10.6. The maximum absolute atomic E-state index is 4.21. The smallest absolute Gasteiger partial charge is 0.0659 e. The fourth-order valence-corrected chi connectivity index (χ4v) is 2.41. The Labute approximate surface area is 119 Å². The van der Waals surface area contributed by atoms with E-state index in [4.69, 9.17) is 0 Å². The van der Waals surface area contributed by atoms with Crippen molar-refractivity contribution in [3.05, 3.63) is 48.3 Å². The quantitative estimate of drug-likeness (QED) is 0.748. The molecule has 3 nitrogen and oxygen atoms in total. The molecule has 0 saturated carbocycles. The van der Waals surface area contributed by atoms with Gasteiger partial charge in [0.05, 0.1) is 6.54 Å². The lowest BCUT2D eigenvalue weighted by Crippen LogP contribution is -2.03. The number of nitrogens with zero attached hydrogens (tertiary/aromatic N) is 2. The zero-order chi connectivity index (χ0) is 13.3. The lowest BCUT2D eigenvalue weighted by Gasteiger charge is -2.07. The van der Waals surface area contributed by atoms with Crippen LogP contribution in [0.2, 0.25) is 0 Å². The lowest BCUT2D eigenvalue weighted by molar-refractivity contribution is 0.687. The van der Waals surface area contributed by atoms with Gasteiger partial charge in [0.1, 0.15) is 0 Å². The zero-order valence-electron chi connectivity index (χ0n) is 11.4. The van der Waals surface area contributed by atoms with Crippen LogP contribution in [0.4, 0.5) is 5.69 Å². The fourth-order valence-electron chi connectivity index (χ4n) is 1.91. The van der Waals surface area contributed by atoms with Crippen molar-refractivity contribution in [1.29, 1.82) is 0 Å². The van der Waals surface area contributed by atoms with Crippen molar-refractivity contribution in [3.8, 4) is 0 Å². The standard InChI is InChI=1S/C15H21N3S/c1-19-12-3-2-9-16-15-7-5-14(6-8-15)13-18-11-4-10-17-18/h4-8,10-11,16H,2-3,9,12-13H2,1H3. The average molecular weight is 275 g/mol. The Morgan fingerprint density at radius 1 is 1.21 bits per heavy atom. The van der Waals surface area contributed by atoms with Crippen LogP contribution in [0.5, 0.6) is 0 Å². The predicted octanol–water partition coefficient (Wildman–Crippen LogP) is 3.49. The summed E-state index contributed by atoms with van der Waals surface area (Å²) < 4.78 is 1.94. The van der Waals surface area contributed by atoms with Gasteiger partial charge in [0.15, 0.2) is 0 Å². The van der Waals surface area contributed by atoms with Gasteiger partial charge in [-0.15, -0.1) is 0 Å². The predicted molar refractivity (Wildman–Crippen MR) is 83.9 cm³/mol. The third-order valence-corrected chi connectivity index (χ3v) is 3.66. The first kappa shape index (κ1) is 14.0. The van der Waals surface area contributed by atoms with E-state index in [0.29, 0.717) is 0 Å². The number of thioether (sulfide) groups is 1. The van der Waals surface area contributed by atoms with Crippen LogP contribution in [0.15, 0.2) is 42.7 Å². The molecule has 1 aromatic carbocycles. The van der Waals surface area contributed by atoms with Crippen LogP contribution in [0, 0.1) is 0 Å². The molecular weight excluding hydrogens is 254 g/mol. The molecule has 102 valence electrons. The van der Waals surface area contributed by atoms with E-state index >= 15 is 0 Å². The van der Waals surface area contributed by atoms with E-state index in [2.05, 4.69) is 40.9 Å². The number of anilines is 1. The van der Waals surface area contributed by atoms with E-state index < -0.39 is 0 Å². The molecule has 0 aliphatic heterocycles. The van der Waals surface area contributed by atoms with Crippen molar-refractivity contribution >= 4 is 17.4 Å². The van der Waals surface area contributed by atoms with Crippen LogP contribution < -0.4 is 5.32 Å². The highest BCUT2D eigenvalue weighted by atomic mass is 32.2. The number of unbranched alkanes of at least 4 members (excludes halogenated alkanes) is 1. The van der Waals surface area contributed by atoms with Crippen molar-refractivity contribution < 1.29 is 0 Å². The molecule has 0 amide bonds. The number of aromatic nitrogens is 2. The Morgan fingerprint density at radius 2 is 2.05 bits per heavy atom. The number of benzene rings is 1. The molecule has 0 aliphatic rings. The zero-order valence-corrected chi connectivity index (χ0v) is 12.2. The molecule has 2 aromatic rings. The number of nitrogens with one attached hydrogen (secondary N) is 1. The molecule has 0 bridgehead atoms. The summed E-state index contributed by atoms with van der Waals surface area (Å²) in [7, 11) is 0. The Morgan fingerprint density at radius 3 is 2.74 bits per heavy atom. The van der Waals surface area contributed by atoms with Crippen LogP contribution >= 0.6 is 11.8 Å². The van der Waals surface area contributed by atoms with Gasteiger partial charge in [0, 0.05) is 24.6 Å². The number of hydrogen-bond donors (Lipinski definition) is 1. The van der Waals surface area contributed by atoms with Crippen LogP contribution in [-0.4, -0.2) is 28.3 Å². The summed E-state index contributed by atoms with van der Waals surface area (Å²) in [6.45, 7) is 1.89. The summed E-state index contributed by atoms with van der Waals surface area (Å²) >= 11 is 1.92.